The first-order valence-electron chi connectivity index (χ1n) is 7.82. The van der Waals surface area contributed by atoms with Crippen molar-refractivity contribution in [3.8, 4) is 5.75 Å². The smallest absolute Gasteiger partial charge is 0.268 e. The van der Waals surface area contributed by atoms with E-state index in [4.69, 9.17) is 4.74 Å². The molecule has 1 N–H and O–H groups in total. The van der Waals surface area contributed by atoms with Gasteiger partial charge in [0.25, 0.3) is 11.5 Å². The van der Waals surface area contributed by atoms with Gasteiger partial charge in [-0.3, -0.25) is 14.6 Å². The van der Waals surface area contributed by atoms with Crippen LogP contribution in [0.4, 0.5) is 5.69 Å². The summed E-state index contributed by atoms with van der Waals surface area (Å²) >= 11 is 1.25. The van der Waals surface area contributed by atoms with Crippen molar-refractivity contribution in [3.63, 3.8) is 0 Å². The molecule has 26 heavy (non-hydrogen) atoms. The lowest BCUT2D eigenvalue weighted by atomic mass is 10.3. The van der Waals surface area contributed by atoms with Gasteiger partial charge in [-0.05, 0) is 29.8 Å². The number of carbonyl (C=O) groups is 1. The first-order chi connectivity index (χ1) is 12.6. The molecule has 0 saturated carbocycles. The molecule has 0 bridgehead atoms. The van der Waals surface area contributed by atoms with E-state index < -0.39 is 0 Å². The number of pyridine rings is 1. The Labute approximate surface area is 153 Å². The minimum Gasteiger partial charge on any atom is -0.495 e. The van der Waals surface area contributed by atoms with Crippen LogP contribution in [0.1, 0.15) is 5.56 Å². The third-order valence-electron chi connectivity index (χ3n) is 3.66. The maximum absolute atomic E-state index is 12.4. The van der Waals surface area contributed by atoms with Gasteiger partial charge in [0.15, 0.2) is 0 Å². The highest BCUT2D eigenvalue weighted by Gasteiger charge is 2.06. The normalized spacial score (nSPS) is 12.2. The SMILES string of the molecule is COc1ccccc1NC(=O)C=c1sc(=Cc2cccnc2)c(=O)n1C. The molecule has 0 aliphatic carbocycles. The minimum absolute atomic E-state index is 0.157. The molecular weight excluding hydrogens is 350 g/mol. The number of aromatic nitrogens is 2. The van der Waals surface area contributed by atoms with E-state index in [1.54, 1.807) is 49.8 Å². The molecule has 0 spiro atoms. The number of para-hydroxylation sites is 2. The Hall–Kier alpha value is -3.19. The zero-order chi connectivity index (χ0) is 18.5. The highest BCUT2D eigenvalue weighted by molar-refractivity contribution is 7.07. The number of benzene rings is 1. The molecule has 0 atom stereocenters. The molecule has 2 aromatic heterocycles. The van der Waals surface area contributed by atoms with Crippen LogP contribution in [0.5, 0.6) is 5.75 Å². The van der Waals surface area contributed by atoms with Gasteiger partial charge in [0.05, 0.1) is 17.3 Å². The average molecular weight is 367 g/mol. The van der Waals surface area contributed by atoms with Crippen LogP contribution in [0.15, 0.2) is 53.6 Å². The summed E-state index contributed by atoms with van der Waals surface area (Å²) < 4.78 is 7.76. The van der Waals surface area contributed by atoms with Gasteiger partial charge in [0, 0.05) is 25.5 Å². The van der Waals surface area contributed by atoms with E-state index in [-0.39, 0.29) is 11.5 Å². The van der Waals surface area contributed by atoms with Crippen molar-refractivity contribution < 1.29 is 9.53 Å². The number of rotatable bonds is 4. The van der Waals surface area contributed by atoms with Gasteiger partial charge in [-0.15, -0.1) is 11.3 Å². The van der Waals surface area contributed by atoms with E-state index in [9.17, 15) is 9.59 Å². The Morgan fingerprint density at radius 3 is 2.81 bits per heavy atom. The second kappa shape index (κ2) is 7.79. The fourth-order valence-electron chi connectivity index (χ4n) is 2.35. The van der Waals surface area contributed by atoms with Crippen LogP contribution in [-0.4, -0.2) is 22.6 Å². The highest BCUT2D eigenvalue weighted by Crippen LogP contribution is 2.22. The number of amides is 1. The summed E-state index contributed by atoms with van der Waals surface area (Å²) in [6.45, 7) is 0. The molecule has 0 unspecified atom stereocenters. The quantitative estimate of drug-likeness (QED) is 0.749. The second-order valence-electron chi connectivity index (χ2n) is 5.43. The summed E-state index contributed by atoms with van der Waals surface area (Å²) in [5, 5.41) is 2.77. The van der Waals surface area contributed by atoms with Crippen molar-refractivity contribution in [1.29, 1.82) is 0 Å². The summed E-state index contributed by atoms with van der Waals surface area (Å²) in [5.41, 5.74) is 1.24. The number of methoxy groups -OCH3 is 1. The Morgan fingerprint density at radius 2 is 2.08 bits per heavy atom. The largest absolute Gasteiger partial charge is 0.495 e. The Bertz CT molecular complexity index is 1100. The van der Waals surface area contributed by atoms with Gasteiger partial charge in [0.1, 0.15) is 10.4 Å². The van der Waals surface area contributed by atoms with E-state index in [1.807, 2.05) is 12.1 Å². The second-order valence-corrected chi connectivity index (χ2v) is 6.50. The van der Waals surface area contributed by atoms with E-state index in [2.05, 4.69) is 10.3 Å². The number of anilines is 1. The molecule has 0 saturated heterocycles. The monoisotopic (exact) mass is 367 g/mol. The minimum atomic E-state index is -0.334. The molecule has 0 radical (unpaired) electrons. The first-order valence-corrected chi connectivity index (χ1v) is 8.63. The maximum atomic E-state index is 12.4. The zero-order valence-electron chi connectivity index (χ0n) is 14.3. The fourth-order valence-corrected chi connectivity index (χ4v) is 3.38. The molecule has 0 aliphatic heterocycles. The van der Waals surface area contributed by atoms with Gasteiger partial charge < -0.3 is 14.6 Å². The molecule has 0 fully saturated rings. The van der Waals surface area contributed by atoms with E-state index in [0.717, 1.165) is 5.56 Å². The number of hydrogen-bond acceptors (Lipinski definition) is 5. The van der Waals surface area contributed by atoms with Crippen molar-refractivity contribution >= 4 is 35.1 Å². The van der Waals surface area contributed by atoms with E-state index >= 15 is 0 Å². The van der Waals surface area contributed by atoms with Gasteiger partial charge in [-0.25, -0.2) is 0 Å². The number of nitrogens with zero attached hydrogens (tertiary/aromatic N) is 2. The molecule has 3 rings (SSSR count). The highest BCUT2D eigenvalue weighted by atomic mass is 32.1. The van der Waals surface area contributed by atoms with Crippen LogP contribution < -0.4 is 24.8 Å². The van der Waals surface area contributed by atoms with E-state index in [0.29, 0.717) is 20.6 Å². The van der Waals surface area contributed by atoms with Crippen LogP contribution in [0.3, 0.4) is 0 Å². The van der Waals surface area contributed by atoms with Crippen LogP contribution in [0.25, 0.3) is 12.2 Å². The third kappa shape index (κ3) is 3.89. The Morgan fingerprint density at radius 1 is 1.27 bits per heavy atom. The van der Waals surface area contributed by atoms with Crippen molar-refractivity contribution in [2.45, 2.75) is 0 Å². The summed E-state index contributed by atoms with van der Waals surface area (Å²) in [6, 6.07) is 10.8. The predicted molar refractivity (Wildman–Crippen MR) is 103 cm³/mol. The standard InChI is InChI=1S/C19H17N3O3S/c1-22-18(11-17(23)21-14-7-3-4-8-15(14)25-2)26-16(19(22)24)10-13-6-5-9-20-12-13/h3-12H,1-2H3,(H,21,23). The van der Waals surface area contributed by atoms with Gasteiger partial charge in [-0.1, -0.05) is 18.2 Å². The number of hydrogen-bond donors (Lipinski definition) is 1. The van der Waals surface area contributed by atoms with Crippen LogP contribution in [0, 0.1) is 0 Å². The summed E-state index contributed by atoms with van der Waals surface area (Å²) in [6.07, 6.45) is 6.51. The predicted octanol–water partition coefficient (Wildman–Crippen LogP) is 1.10. The van der Waals surface area contributed by atoms with E-state index in [1.165, 1.54) is 29.1 Å². The topological polar surface area (TPSA) is 73.2 Å². The van der Waals surface area contributed by atoms with Crippen LogP contribution in [0.2, 0.25) is 0 Å². The molecule has 0 aliphatic rings. The van der Waals surface area contributed by atoms with Crippen molar-refractivity contribution in [3.05, 3.63) is 73.9 Å². The lowest BCUT2D eigenvalue weighted by molar-refractivity contribution is -0.110. The van der Waals surface area contributed by atoms with Gasteiger partial charge in [-0.2, -0.15) is 0 Å². The maximum Gasteiger partial charge on any atom is 0.268 e. The third-order valence-corrected chi connectivity index (χ3v) is 4.78. The molecule has 132 valence electrons. The van der Waals surface area contributed by atoms with Crippen molar-refractivity contribution in [2.75, 3.05) is 12.4 Å². The first kappa shape index (κ1) is 17.6. The molecular formula is C19H17N3O3S. The summed E-state index contributed by atoms with van der Waals surface area (Å²) in [7, 11) is 3.18. The molecule has 7 heteroatoms. The van der Waals surface area contributed by atoms with Crippen molar-refractivity contribution in [1.82, 2.24) is 9.55 Å². The zero-order valence-corrected chi connectivity index (χ0v) is 15.1. The van der Waals surface area contributed by atoms with Gasteiger partial charge >= 0.3 is 0 Å². The number of nitrogens with one attached hydrogen (secondary N) is 1. The molecule has 6 nitrogen and oxygen atoms in total. The Balaban J connectivity index is 1.94. The fraction of sp³-hybridized carbons (Fsp3) is 0.105. The lowest BCUT2D eigenvalue weighted by Gasteiger charge is -2.07. The molecule has 1 amide bonds. The lowest BCUT2D eigenvalue weighted by Crippen LogP contribution is -2.29. The number of ether oxygens (including phenoxy) is 1. The molecule has 2 heterocycles. The summed E-state index contributed by atoms with van der Waals surface area (Å²) in [4.78, 5) is 28.7. The number of thiazole rings is 1. The molecule has 1 aromatic carbocycles. The Kier molecular flexibility index (Phi) is 5.28. The summed E-state index contributed by atoms with van der Waals surface area (Å²) in [5.74, 6) is 0.235. The van der Waals surface area contributed by atoms with Crippen LogP contribution >= 0.6 is 11.3 Å². The van der Waals surface area contributed by atoms with Crippen LogP contribution in [-0.2, 0) is 11.8 Å². The van der Waals surface area contributed by atoms with Crippen molar-refractivity contribution in [2.24, 2.45) is 7.05 Å². The average Bonchev–Trinajstić information content (AvgIpc) is 2.91. The molecule has 3 aromatic rings. The van der Waals surface area contributed by atoms with Gasteiger partial charge in [0.2, 0.25) is 0 Å². The number of carbonyl (C=O) groups excluding carboxylic acids is 1.